The fraction of sp³-hybridized carbons (Fsp3) is 0.471. The summed E-state index contributed by atoms with van der Waals surface area (Å²) in [7, 11) is 0. The summed E-state index contributed by atoms with van der Waals surface area (Å²) in [6.07, 6.45) is 2.32. The van der Waals surface area contributed by atoms with E-state index in [1.165, 1.54) is 5.56 Å². The monoisotopic (exact) mass is 278 g/mol. The van der Waals surface area contributed by atoms with Gasteiger partial charge in [0.1, 0.15) is 0 Å². The van der Waals surface area contributed by atoms with Gasteiger partial charge in [0.05, 0.1) is 19.6 Å². The summed E-state index contributed by atoms with van der Waals surface area (Å²) >= 11 is 0. The number of hydrogen-bond acceptors (Lipinski definition) is 3. The first-order chi connectivity index (χ1) is 9.76. The van der Waals surface area contributed by atoms with Crippen molar-refractivity contribution >= 4 is 5.97 Å². The Bertz CT molecular complexity index is 357. The summed E-state index contributed by atoms with van der Waals surface area (Å²) in [6.45, 7) is 11.9. The maximum atomic E-state index is 11.3. The number of carbonyl (C=O) groups is 1. The molecule has 3 heteroatoms. The van der Waals surface area contributed by atoms with Crippen molar-refractivity contribution in [3.63, 3.8) is 0 Å². The molecule has 20 heavy (non-hydrogen) atoms. The number of benzene rings is 1. The van der Waals surface area contributed by atoms with E-state index < -0.39 is 0 Å². The van der Waals surface area contributed by atoms with Crippen LogP contribution in [0.1, 0.15) is 31.4 Å². The first kappa shape index (κ1) is 18.4. The minimum atomic E-state index is -0.170. The molecule has 1 aromatic rings. The maximum absolute atomic E-state index is 11.3. The van der Waals surface area contributed by atoms with Gasteiger partial charge >= 0.3 is 5.97 Å². The van der Waals surface area contributed by atoms with Crippen molar-refractivity contribution in [3.8, 4) is 0 Å². The Balaban J connectivity index is 0.00000172. The van der Waals surface area contributed by atoms with E-state index in [1.807, 2.05) is 31.2 Å². The molecule has 0 N–H and O–H groups in total. The number of esters is 1. The lowest BCUT2D eigenvalue weighted by molar-refractivity contribution is -0.142. The quantitative estimate of drug-likeness (QED) is 0.414. The zero-order valence-electron chi connectivity index (χ0n) is 12.7. The summed E-state index contributed by atoms with van der Waals surface area (Å²) < 4.78 is 10.3. The Morgan fingerprint density at radius 3 is 2.20 bits per heavy atom. The van der Waals surface area contributed by atoms with Crippen molar-refractivity contribution in [2.45, 2.75) is 33.1 Å². The van der Waals surface area contributed by atoms with Gasteiger partial charge in [-0.3, -0.25) is 4.79 Å². The molecule has 1 aromatic carbocycles. The van der Waals surface area contributed by atoms with Gasteiger partial charge in [0.2, 0.25) is 0 Å². The van der Waals surface area contributed by atoms with Gasteiger partial charge in [0, 0.05) is 6.61 Å². The van der Waals surface area contributed by atoms with Gasteiger partial charge in [-0.25, -0.2) is 0 Å². The molecule has 0 aliphatic heterocycles. The molecule has 0 spiro atoms. The van der Waals surface area contributed by atoms with E-state index in [-0.39, 0.29) is 5.97 Å². The van der Waals surface area contributed by atoms with E-state index in [0.717, 1.165) is 31.6 Å². The fourth-order valence-corrected chi connectivity index (χ4v) is 1.64. The van der Waals surface area contributed by atoms with Crippen molar-refractivity contribution in [2.75, 3.05) is 19.8 Å². The predicted octanol–water partition coefficient (Wildman–Crippen LogP) is 3.56. The van der Waals surface area contributed by atoms with Crippen LogP contribution in [0.4, 0.5) is 0 Å². The third kappa shape index (κ3) is 8.48. The lowest BCUT2D eigenvalue weighted by atomic mass is 10.1. The zero-order chi connectivity index (χ0) is 15.2. The lowest BCUT2D eigenvalue weighted by Crippen LogP contribution is -2.07. The first-order valence-corrected chi connectivity index (χ1v) is 7.07. The molecule has 112 valence electrons. The molecule has 0 aromatic heterocycles. The Labute approximate surface area is 122 Å². The maximum Gasteiger partial charge on any atom is 0.310 e. The largest absolute Gasteiger partial charge is 0.466 e. The highest BCUT2D eigenvalue weighted by atomic mass is 16.5. The van der Waals surface area contributed by atoms with E-state index in [9.17, 15) is 4.79 Å². The molecule has 0 aliphatic rings. The van der Waals surface area contributed by atoms with Crippen LogP contribution < -0.4 is 0 Å². The van der Waals surface area contributed by atoms with E-state index in [0.29, 0.717) is 13.0 Å². The van der Waals surface area contributed by atoms with E-state index in [2.05, 4.69) is 20.1 Å². The molecule has 0 fully saturated rings. The average molecular weight is 278 g/mol. The van der Waals surface area contributed by atoms with Crippen molar-refractivity contribution < 1.29 is 14.3 Å². The molecule has 0 saturated carbocycles. The Kier molecular flexibility index (Phi) is 11.4. The second-order valence-corrected chi connectivity index (χ2v) is 4.16. The van der Waals surface area contributed by atoms with Crippen LogP contribution in [0.15, 0.2) is 37.4 Å². The topological polar surface area (TPSA) is 35.5 Å². The minimum absolute atomic E-state index is 0.170. The molecule has 3 nitrogen and oxygen atoms in total. The standard InChI is InChI=1S/C15H22O3.C2H4/c1-3-10-17-11-9-13-5-7-14(8-6-13)12-15(16)18-4-2;1-2/h5-8H,3-4,9-12H2,1-2H3;1-2H2. The minimum Gasteiger partial charge on any atom is -0.466 e. The second kappa shape index (κ2) is 12.4. The van der Waals surface area contributed by atoms with Gasteiger partial charge in [-0.1, -0.05) is 31.2 Å². The molecule has 0 aliphatic carbocycles. The molecule has 1 rings (SSSR count). The van der Waals surface area contributed by atoms with Gasteiger partial charge in [0.15, 0.2) is 0 Å². The molecule has 0 heterocycles. The molecule has 0 atom stereocenters. The van der Waals surface area contributed by atoms with Crippen LogP contribution in [0.5, 0.6) is 0 Å². The Morgan fingerprint density at radius 1 is 1.05 bits per heavy atom. The van der Waals surface area contributed by atoms with Crippen LogP contribution in [-0.4, -0.2) is 25.8 Å². The van der Waals surface area contributed by atoms with Crippen molar-refractivity contribution in [1.29, 1.82) is 0 Å². The lowest BCUT2D eigenvalue weighted by Gasteiger charge is -2.05. The second-order valence-electron chi connectivity index (χ2n) is 4.16. The molecular formula is C17H26O3. The molecule has 0 radical (unpaired) electrons. The van der Waals surface area contributed by atoms with Crippen LogP contribution in [0.2, 0.25) is 0 Å². The van der Waals surface area contributed by atoms with Crippen molar-refractivity contribution in [1.82, 2.24) is 0 Å². The summed E-state index contributed by atoms with van der Waals surface area (Å²) in [5.74, 6) is -0.170. The summed E-state index contributed by atoms with van der Waals surface area (Å²) in [6, 6.07) is 8.05. The number of ether oxygens (including phenoxy) is 2. The van der Waals surface area contributed by atoms with Crippen LogP contribution in [0, 0.1) is 0 Å². The normalized spacial score (nSPS) is 9.50. The summed E-state index contributed by atoms with van der Waals surface area (Å²) in [4.78, 5) is 11.3. The number of hydrogen-bond donors (Lipinski definition) is 0. The first-order valence-electron chi connectivity index (χ1n) is 7.07. The number of rotatable bonds is 8. The molecule has 0 saturated heterocycles. The third-order valence-corrected chi connectivity index (χ3v) is 2.56. The summed E-state index contributed by atoms with van der Waals surface area (Å²) in [5, 5.41) is 0. The zero-order valence-corrected chi connectivity index (χ0v) is 12.7. The van der Waals surface area contributed by atoms with Crippen LogP contribution in [-0.2, 0) is 27.1 Å². The van der Waals surface area contributed by atoms with Crippen LogP contribution in [0.25, 0.3) is 0 Å². The van der Waals surface area contributed by atoms with Crippen molar-refractivity contribution in [2.24, 2.45) is 0 Å². The van der Waals surface area contributed by atoms with Gasteiger partial charge in [-0.05, 0) is 30.9 Å². The molecule has 0 unspecified atom stereocenters. The Morgan fingerprint density at radius 2 is 1.65 bits per heavy atom. The Hall–Kier alpha value is -1.61. The van der Waals surface area contributed by atoms with Gasteiger partial charge < -0.3 is 9.47 Å². The SMILES string of the molecule is C=C.CCCOCCc1ccc(CC(=O)OCC)cc1. The number of carbonyl (C=O) groups excluding carboxylic acids is 1. The van der Waals surface area contributed by atoms with Gasteiger partial charge in [-0.2, -0.15) is 0 Å². The highest BCUT2D eigenvalue weighted by Gasteiger charge is 2.03. The fourth-order valence-electron chi connectivity index (χ4n) is 1.64. The van der Waals surface area contributed by atoms with Crippen LogP contribution in [0.3, 0.4) is 0 Å². The van der Waals surface area contributed by atoms with Crippen LogP contribution >= 0.6 is 0 Å². The van der Waals surface area contributed by atoms with E-state index >= 15 is 0 Å². The van der Waals surface area contributed by atoms with Crippen molar-refractivity contribution in [3.05, 3.63) is 48.6 Å². The molecule has 0 bridgehead atoms. The summed E-state index contributed by atoms with van der Waals surface area (Å²) in [5.41, 5.74) is 2.23. The highest BCUT2D eigenvalue weighted by Crippen LogP contribution is 2.07. The smallest absolute Gasteiger partial charge is 0.310 e. The third-order valence-electron chi connectivity index (χ3n) is 2.56. The average Bonchev–Trinajstić information content (AvgIpc) is 2.48. The highest BCUT2D eigenvalue weighted by molar-refractivity contribution is 5.72. The van der Waals surface area contributed by atoms with Gasteiger partial charge in [0.25, 0.3) is 0 Å². The molecular weight excluding hydrogens is 252 g/mol. The van der Waals surface area contributed by atoms with E-state index in [1.54, 1.807) is 0 Å². The molecule has 0 amide bonds. The van der Waals surface area contributed by atoms with Gasteiger partial charge in [-0.15, -0.1) is 13.2 Å². The van der Waals surface area contributed by atoms with E-state index in [4.69, 9.17) is 9.47 Å². The predicted molar refractivity (Wildman–Crippen MR) is 82.8 cm³/mol.